The first kappa shape index (κ1) is 18.6. The minimum Gasteiger partial charge on any atom is -0.477 e. The van der Waals surface area contributed by atoms with E-state index in [1.807, 2.05) is 0 Å². The molecule has 1 saturated carbocycles. The molecule has 1 aromatic rings. The van der Waals surface area contributed by atoms with Gasteiger partial charge in [-0.1, -0.05) is 25.0 Å². The highest BCUT2D eigenvalue weighted by Crippen LogP contribution is 2.30. The number of sulfone groups is 1. The van der Waals surface area contributed by atoms with Gasteiger partial charge in [0.15, 0.2) is 22.2 Å². The van der Waals surface area contributed by atoms with E-state index in [1.165, 1.54) is 18.2 Å². The van der Waals surface area contributed by atoms with Crippen molar-refractivity contribution in [2.24, 2.45) is 0 Å². The van der Waals surface area contributed by atoms with Crippen molar-refractivity contribution in [3.05, 3.63) is 34.4 Å². The molecule has 1 heterocycles. The van der Waals surface area contributed by atoms with E-state index in [4.69, 9.17) is 4.74 Å². The van der Waals surface area contributed by atoms with Gasteiger partial charge in [0.2, 0.25) is 0 Å². The number of para-hydroxylation sites is 2. The minimum atomic E-state index is -3.11. The van der Waals surface area contributed by atoms with Gasteiger partial charge in [-0.3, -0.25) is 14.9 Å². The smallest absolute Gasteiger partial charge is 0.310 e. The fourth-order valence-corrected chi connectivity index (χ4v) is 5.54. The SMILES string of the molecule is O=C(COc1ccccc1[N+](=O)[O-])N(C1CCCC1)[C@@H]1CCS(=O)(=O)C1. The minimum absolute atomic E-state index is 0.0132. The normalized spacial score (nSPS) is 22.2. The Labute approximate surface area is 152 Å². The number of rotatable bonds is 6. The molecule has 1 aliphatic carbocycles. The topological polar surface area (TPSA) is 107 Å². The molecule has 1 atom stereocenters. The van der Waals surface area contributed by atoms with E-state index >= 15 is 0 Å². The molecule has 142 valence electrons. The second kappa shape index (κ2) is 7.61. The zero-order chi connectivity index (χ0) is 18.7. The number of benzene rings is 1. The number of carbonyl (C=O) groups is 1. The van der Waals surface area contributed by atoms with Crippen LogP contribution in [0, 0.1) is 10.1 Å². The summed E-state index contributed by atoms with van der Waals surface area (Å²) in [6, 6.07) is 5.59. The summed E-state index contributed by atoms with van der Waals surface area (Å²) in [4.78, 5) is 25.0. The molecule has 0 aromatic heterocycles. The highest BCUT2D eigenvalue weighted by molar-refractivity contribution is 7.91. The largest absolute Gasteiger partial charge is 0.477 e. The summed E-state index contributed by atoms with van der Waals surface area (Å²) in [5.41, 5.74) is -0.198. The van der Waals surface area contributed by atoms with Gasteiger partial charge in [0.1, 0.15) is 0 Å². The van der Waals surface area contributed by atoms with Gasteiger partial charge in [0.05, 0.1) is 16.4 Å². The third kappa shape index (κ3) is 4.14. The van der Waals surface area contributed by atoms with E-state index in [-0.39, 0.29) is 47.5 Å². The second-order valence-electron chi connectivity index (χ2n) is 6.81. The Morgan fingerprint density at radius 1 is 1.19 bits per heavy atom. The molecule has 0 N–H and O–H groups in total. The number of nitro benzene ring substituents is 1. The molecule has 1 amide bonds. The Balaban J connectivity index is 1.73. The molecule has 1 saturated heterocycles. The molecular weight excluding hydrogens is 360 g/mol. The fraction of sp³-hybridized carbons (Fsp3) is 0.588. The zero-order valence-electron chi connectivity index (χ0n) is 14.4. The van der Waals surface area contributed by atoms with Gasteiger partial charge in [-0.05, 0) is 25.3 Å². The summed E-state index contributed by atoms with van der Waals surface area (Å²) < 4.78 is 29.1. The van der Waals surface area contributed by atoms with Crippen LogP contribution in [-0.4, -0.2) is 54.3 Å². The molecule has 2 fully saturated rings. The van der Waals surface area contributed by atoms with Crippen molar-refractivity contribution in [3.8, 4) is 5.75 Å². The van der Waals surface area contributed by atoms with Crippen LogP contribution in [0.15, 0.2) is 24.3 Å². The third-order valence-corrected chi connectivity index (χ3v) is 6.77. The molecule has 9 heteroatoms. The monoisotopic (exact) mass is 382 g/mol. The van der Waals surface area contributed by atoms with Crippen molar-refractivity contribution in [2.45, 2.75) is 44.2 Å². The number of hydrogen-bond donors (Lipinski definition) is 0. The van der Waals surface area contributed by atoms with E-state index in [9.17, 15) is 23.3 Å². The van der Waals surface area contributed by atoms with Crippen LogP contribution in [0.4, 0.5) is 5.69 Å². The van der Waals surface area contributed by atoms with Gasteiger partial charge in [-0.15, -0.1) is 0 Å². The van der Waals surface area contributed by atoms with Gasteiger partial charge >= 0.3 is 5.69 Å². The third-order valence-electron chi connectivity index (χ3n) is 5.02. The summed E-state index contributed by atoms with van der Waals surface area (Å²) >= 11 is 0. The van der Waals surface area contributed by atoms with Crippen molar-refractivity contribution >= 4 is 21.4 Å². The maximum Gasteiger partial charge on any atom is 0.310 e. The van der Waals surface area contributed by atoms with Crippen LogP contribution in [-0.2, 0) is 14.6 Å². The van der Waals surface area contributed by atoms with Gasteiger partial charge in [-0.25, -0.2) is 8.42 Å². The molecule has 0 radical (unpaired) electrons. The van der Waals surface area contributed by atoms with Gasteiger partial charge in [0.25, 0.3) is 5.91 Å². The highest BCUT2D eigenvalue weighted by atomic mass is 32.2. The quantitative estimate of drug-likeness (QED) is 0.550. The number of carbonyl (C=O) groups excluding carboxylic acids is 1. The predicted octanol–water partition coefficient (Wildman–Crippen LogP) is 1.93. The molecule has 8 nitrogen and oxygen atoms in total. The van der Waals surface area contributed by atoms with Gasteiger partial charge in [0, 0.05) is 18.2 Å². The molecule has 1 aliphatic heterocycles. The lowest BCUT2D eigenvalue weighted by atomic mass is 10.1. The highest BCUT2D eigenvalue weighted by Gasteiger charge is 2.39. The van der Waals surface area contributed by atoms with Crippen LogP contribution in [0.1, 0.15) is 32.1 Å². The van der Waals surface area contributed by atoms with Crippen molar-refractivity contribution < 1.29 is 22.9 Å². The predicted molar refractivity (Wildman–Crippen MR) is 94.8 cm³/mol. The van der Waals surface area contributed by atoms with Crippen LogP contribution in [0.25, 0.3) is 0 Å². The van der Waals surface area contributed by atoms with Crippen molar-refractivity contribution in [2.75, 3.05) is 18.1 Å². The van der Waals surface area contributed by atoms with Crippen LogP contribution in [0.2, 0.25) is 0 Å². The maximum atomic E-state index is 12.8. The van der Waals surface area contributed by atoms with Crippen molar-refractivity contribution in [1.82, 2.24) is 4.90 Å². The molecule has 0 unspecified atom stereocenters. The molecule has 0 spiro atoms. The Morgan fingerprint density at radius 2 is 1.88 bits per heavy atom. The number of hydrogen-bond acceptors (Lipinski definition) is 6. The van der Waals surface area contributed by atoms with Crippen LogP contribution in [0.5, 0.6) is 5.75 Å². The first-order valence-corrected chi connectivity index (χ1v) is 10.6. The lowest BCUT2D eigenvalue weighted by Gasteiger charge is -2.34. The Morgan fingerprint density at radius 3 is 2.50 bits per heavy atom. The van der Waals surface area contributed by atoms with E-state index in [1.54, 1.807) is 11.0 Å². The molecule has 0 bridgehead atoms. The molecule has 1 aromatic carbocycles. The maximum absolute atomic E-state index is 12.8. The molecular formula is C17H22N2O6S. The van der Waals surface area contributed by atoms with Gasteiger partial charge < -0.3 is 9.64 Å². The Bertz CT molecular complexity index is 788. The summed E-state index contributed by atoms with van der Waals surface area (Å²) in [7, 11) is -3.11. The van der Waals surface area contributed by atoms with Crippen LogP contribution in [0.3, 0.4) is 0 Å². The summed E-state index contributed by atoms with van der Waals surface area (Å²) in [6.45, 7) is -0.335. The van der Waals surface area contributed by atoms with Crippen molar-refractivity contribution in [3.63, 3.8) is 0 Å². The fourth-order valence-electron chi connectivity index (χ4n) is 3.83. The Kier molecular flexibility index (Phi) is 5.45. The van der Waals surface area contributed by atoms with E-state index in [0.29, 0.717) is 6.42 Å². The van der Waals surface area contributed by atoms with Crippen molar-refractivity contribution in [1.29, 1.82) is 0 Å². The average molecular weight is 382 g/mol. The number of nitro groups is 1. The number of amides is 1. The van der Waals surface area contributed by atoms with Crippen LogP contribution < -0.4 is 4.74 Å². The summed E-state index contributed by atoms with van der Waals surface area (Å²) in [5.74, 6) is -0.187. The standard InChI is InChI=1S/C17H22N2O6S/c20-17(11-25-16-8-4-3-7-15(16)19(21)22)18(13-5-1-2-6-13)14-9-10-26(23,24)12-14/h3-4,7-8,13-14H,1-2,5-6,9-12H2/t14-/m1/s1. The van der Waals surface area contributed by atoms with E-state index < -0.39 is 14.8 Å². The molecule has 26 heavy (non-hydrogen) atoms. The first-order valence-electron chi connectivity index (χ1n) is 8.75. The number of ether oxygens (including phenoxy) is 1. The van der Waals surface area contributed by atoms with Crippen LogP contribution >= 0.6 is 0 Å². The van der Waals surface area contributed by atoms with Gasteiger partial charge in [-0.2, -0.15) is 0 Å². The summed E-state index contributed by atoms with van der Waals surface area (Å²) in [6.07, 6.45) is 4.18. The summed E-state index contributed by atoms with van der Waals surface area (Å²) in [5, 5.41) is 11.1. The molecule has 2 aliphatic rings. The molecule has 3 rings (SSSR count). The average Bonchev–Trinajstić information content (AvgIpc) is 3.23. The Hall–Kier alpha value is -2.16. The number of nitrogens with zero attached hydrogens (tertiary/aromatic N) is 2. The first-order chi connectivity index (χ1) is 12.4. The second-order valence-corrected chi connectivity index (χ2v) is 9.04. The van der Waals surface area contributed by atoms with E-state index in [2.05, 4.69) is 0 Å². The lowest BCUT2D eigenvalue weighted by Crippen LogP contribution is -2.48. The van der Waals surface area contributed by atoms with E-state index in [0.717, 1.165) is 25.7 Å². The lowest BCUT2D eigenvalue weighted by molar-refractivity contribution is -0.385. The zero-order valence-corrected chi connectivity index (χ0v) is 15.2.